The molecule has 0 saturated carbocycles. The molecule has 2 amide bonds. The Balaban J connectivity index is 1.38. The molecule has 2 heterocycles. The van der Waals surface area contributed by atoms with Crippen LogP contribution in [0.4, 0.5) is 9.52 Å². The zero-order chi connectivity index (χ0) is 22.2. The van der Waals surface area contributed by atoms with Crippen LogP contribution in [-0.2, 0) is 25.8 Å². The summed E-state index contributed by atoms with van der Waals surface area (Å²) in [5.41, 5.74) is 1.51. The van der Waals surface area contributed by atoms with Gasteiger partial charge in [0.25, 0.3) is 0 Å². The number of nitrogens with one attached hydrogen (secondary N) is 1. The number of hydrogen-bond acceptors (Lipinski definition) is 6. The minimum Gasteiger partial charge on any atom is -0.342 e. The molecule has 3 aromatic rings. The van der Waals surface area contributed by atoms with Crippen LogP contribution >= 0.6 is 11.3 Å². The van der Waals surface area contributed by atoms with E-state index >= 15 is 0 Å². The maximum Gasteiger partial charge on any atom is 0.231 e. The smallest absolute Gasteiger partial charge is 0.231 e. The number of fused-ring (bicyclic) bond motifs is 1. The fraction of sp³-hybridized carbons (Fsp3) is 0.286. The predicted molar refractivity (Wildman–Crippen MR) is 116 cm³/mol. The molecule has 2 aromatic carbocycles. The minimum atomic E-state index is -3.33. The van der Waals surface area contributed by atoms with E-state index in [1.54, 1.807) is 23.1 Å². The first-order valence-electron chi connectivity index (χ1n) is 9.63. The molecule has 1 fully saturated rings. The Morgan fingerprint density at radius 1 is 1.26 bits per heavy atom. The van der Waals surface area contributed by atoms with E-state index in [-0.39, 0.29) is 28.9 Å². The number of carbonyl (C=O) groups excluding carboxylic acids is 2. The molecule has 1 aromatic heterocycles. The fourth-order valence-electron chi connectivity index (χ4n) is 3.48. The normalized spacial score (nSPS) is 16.8. The molecule has 0 spiro atoms. The van der Waals surface area contributed by atoms with Crippen LogP contribution in [0.5, 0.6) is 0 Å². The number of carbonyl (C=O) groups is 2. The summed E-state index contributed by atoms with van der Waals surface area (Å²) in [6.07, 6.45) is 1.84. The van der Waals surface area contributed by atoms with Gasteiger partial charge in [0.15, 0.2) is 15.0 Å². The van der Waals surface area contributed by atoms with Crippen LogP contribution in [0.15, 0.2) is 47.4 Å². The number of aromatic nitrogens is 1. The van der Waals surface area contributed by atoms with Gasteiger partial charge >= 0.3 is 0 Å². The van der Waals surface area contributed by atoms with Gasteiger partial charge in [-0.2, -0.15) is 0 Å². The second kappa shape index (κ2) is 8.35. The maximum absolute atomic E-state index is 13.0. The first kappa shape index (κ1) is 21.4. The van der Waals surface area contributed by atoms with E-state index in [9.17, 15) is 22.4 Å². The number of hydrogen-bond donors (Lipinski definition) is 1. The zero-order valence-electron chi connectivity index (χ0n) is 16.7. The fourth-order valence-corrected chi connectivity index (χ4v) is 5.11. The number of rotatable bonds is 6. The van der Waals surface area contributed by atoms with Crippen molar-refractivity contribution < 1.29 is 22.4 Å². The topological polar surface area (TPSA) is 96.4 Å². The van der Waals surface area contributed by atoms with Gasteiger partial charge < -0.3 is 10.2 Å². The number of amides is 2. The number of nitrogens with zero attached hydrogens (tertiary/aromatic N) is 2. The lowest BCUT2D eigenvalue weighted by Gasteiger charge is -2.16. The highest BCUT2D eigenvalue weighted by atomic mass is 32.2. The van der Waals surface area contributed by atoms with Gasteiger partial charge in [0.2, 0.25) is 11.8 Å². The summed E-state index contributed by atoms with van der Waals surface area (Å²) >= 11 is 1.19. The number of halogens is 1. The van der Waals surface area contributed by atoms with Crippen LogP contribution < -0.4 is 5.32 Å². The Morgan fingerprint density at radius 2 is 2.00 bits per heavy atom. The Hall–Kier alpha value is -2.85. The van der Waals surface area contributed by atoms with Crippen LogP contribution in [0.1, 0.15) is 12.0 Å². The van der Waals surface area contributed by atoms with Crippen LogP contribution in [-0.4, -0.2) is 49.5 Å². The lowest BCUT2D eigenvalue weighted by molar-refractivity contribution is -0.128. The van der Waals surface area contributed by atoms with Crippen molar-refractivity contribution in [2.75, 3.05) is 24.7 Å². The molecule has 162 valence electrons. The number of thiazole rings is 1. The van der Waals surface area contributed by atoms with E-state index in [1.807, 2.05) is 0 Å². The second-order valence-electron chi connectivity index (χ2n) is 7.53. The van der Waals surface area contributed by atoms with Gasteiger partial charge in [-0.3, -0.25) is 9.59 Å². The molecule has 1 N–H and O–H groups in total. The Labute approximate surface area is 182 Å². The third kappa shape index (κ3) is 4.91. The van der Waals surface area contributed by atoms with Gasteiger partial charge in [-0.25, -0.2) is 17.8 Å². The summed E-state index contributed by atoms with van der Waals surface area (Å²) in [6.45, 7) is 0.776. The summed E-state index contributed by atoms with van der Waals surface area (Å²) in [6, 6.07) is 10.8. The van der Waals surface area contributed by atoms with Crippen molar-refractivity contribution in [3.05, 3.63) is 53.8 Å². The van der Waals surface area contributed by atoms with Gasteiger partial charge in [0.05, 0.1) is 21.0 Å². The molecule has 7 nitrogen and oxygen atoms in total. The summed E-state index contributed by atoms with van der Waals surface area (Å²) in [7, 11) is -3.33. The molecule has 0 bridgehead atoms. The second-order valence-corrected chi connectivity index (χ2v) is 10.6. The minimum absolute atomic E-state index is 0.0932. The average Bonchev–Trinajstić information content (AvgIpc) is 3.29. The van der Waals surface area contributed by atoms with Crippen molar-refractivity contribution in [2.24, 2.45) is 5.92 Å². The highest BCUT2D eigenvalue weighted by molar-refractivity contribution is 7.90. The van der Waals surface area contributed by atoms with Crippen molar-refractivity contribution in [1.29, 1.82) is 0 Å². The highest BCUT2D eigenvalue weighted by Gasteiger charge is 2.34. The number of anilines is 1. The first-order valence-corrected chi connectivity index (χ1v) is 12.3. The van der Waals surface area contributed by atoms with Gasteiger partial charge in [0.1, 0.15) is 5.82 Å². The molecule has 0 radical (unpaired) electrons. The SMILES string of the molecule is CS(=O)(=O)c1ccc2nc(NC(=O)[C@H]3CC(=O)N(CCc4ccc(F)cc4)C3)sc2c1. The molecule has 1 atom stereocenters. The van der Waals surface area contributed by atoms with E-state index in [2.05, 4.69) is 10.3 Å². The molecule has 4 rings (SSSR count). The molecule has 1 aliphatic rings. The molecule has 0 aliphatic carbocycles. The lowest BCUT2D eigenvalue weighted by Crippen LogP contribution is -2.30. The summed E-state index contributed by atoms with van der Waals surface area (Å²) in [5.74, 6) is -1.18. The summed E-state index contributed by atoms with van der Waals surface area (Å²) in [4.78, 5) is 31.1. The van der Waals surface area contributed by atoms with Crippen LogP contribution in [0.2, 0.25) is 0 Å². The molecule has 1 aliphatic heterocycles. The molecule has 0 unspecified atom stereocenters. The van der Waals surface area contributed by atoms with E-state index in [4.69, 9.17) is 0 Å². The number of benzene rings is 2. The Morgan fingerprint density at radius 3 is 2.71 bits per heavy atom. The van der Waals surface area contributed by atoms with E-state index in [0.717, 1.165) is 11.8 Å². The third-order valence-electron chi connectivity index (χ3n) is 5.19. The highest BCUT2D eigenvalue weighted by Crippen LogP contribution is 2.29. The van der Waals surface area contributed by atoms with Crippen molar-refractivity contribution >= 4 is 48.3 Å². The van der Waals surface area contributed by atoms with Crippen LogP contribution in [0, 0.1) is 11.7 Å². The van der Waals surface area contributed by atoms with Crippen molar-refractivity contribution in [1.82, 2.24) is 9.88 Å². The molecule has 1 saturated heterocycles. The Kier molecular flexibility index (Phi) is 5.76. The van der Waals surface area contributed by atoms with Gasteiger partial charge in [-0.15, -0.1) is 0 Å². The van der Waals surface area contributed by atoms with E-state index < -0.39 is 15.8 Å². The lowest BCUT2D eigenvalue weighted by atomic mass is 10.1. The Bertz CT molecular complexity index is 1260. The standard InChI is InChI=1S/C21H20FN3O4S2/c1-31(28,29)16-6-7-17-18(11-16)30-21(23-17)24-20(27)14-10-19(26)25(12-14)9-8-13-2-4-15(22)5-3-13/h2-7,11,14H,8-10,12H2,1H3,(H,23,24,27)/t14-/m0/s1. The quantitative estimate of drug-likeness (QED) is 0.609. The van der Waals surface area contributed by atoms with Gasteiger partial charge in [0, 0.05) is 25.8 Å². The zero-order valence-corrected chi connectivity index (χ0v) is 18.3. The summed E-state index contributed by atoms with van der Waals surface area (Å²) < 4.78 is 37.1. The predicted octanol–water partition coefficient (Wildman–Crippen LogP) is 2.87. The largest absolute Gasteiger partial charge is 0.342 e. The molecule has 10 heteroatoms. The summed E-state index contributed by atoms with van der Waals surface area (Å²) in [5, 5.41) is 3.11. The molecule has 31 heavy (non-hydrogen) atoms. The molecular formula is C21H20FN3O4S2. The van der Waals surface area contributed by atoms with Crippen LogP contribution in [0.25, 0.3) is 10.2 Å². The van der Waals surface area contributed by atoms with Crippen molar-refractivity contribution in [3.8, 4) is 0 Å². The van der Waals surface area contributed by atoms with Crippen molar-refractivity contribution in [3.63, 3.8) is 0 Å². The van der Waals surface area contributed by atoms with Gasteiger partial charge in [-0.1, -0.05) is 23.5 Å². The number of sulfone groups is 1. The van der Waals surface area contributed by atoms with Crippen LogP contribution in [0.3, 0.4) is 0 Å². The van der Waals surface area contributed by atoms with Crippen molar-refractivity contribution in [2.45, 2.75) is 17.7 Å². The first-order chi connectivity index (χ1) is 14.7. The average molecular weight is 462 g/mol. The maximum atomic E-state index is 13.0. The number of likely N-dealkylation sites (tertiary alicyclic amines) is 1. The van der Waals surface area contributed by atoms with E-state index in [1.165, 1.54) is 35.6 Å². The monoisotopic (exact) mass is 461 g/mol. The van der Waals surface area contributed by atoms with Gasteiger partial charge in [-0.05, 0) is 42.3 Å². The third-order valence-corrected chi connectivity index (χ3v) is 7.23. The molecular weight excluding hydrogens is 441 g/mol. The van der Waals surface area contributed by atoms with E-state index in [0.29, 0.717) is 34.9 Å².